The molecular formula is C13H21N3O4S. The molecule has 1 saturated heterocycles. The predicted molar refractivity (Wildman–Crippen MR) is 77.6 cm³/mol. The molecule has 21 heavy (non-hydrogen) atoms. The molecule has 1 fully saturated rings. The van der Waals surface area contributed by atoms with Gasteiger partial charge in [-0.25, -0.2) is 13.1 Å². The minimum absolute atomic E-state index is 0.0465. The Morgan fingerprint density at radius 2 is 2.00 bits per heavy atom. The molecule has 118 valence electrons. The Morgan fingerprint density at radius 1 is 1.38 bits per heavy atom. The van der Waals surface area contributed by atoms with E-state index in [-0.39, 0.29) is 22.8 Å². The fourth-order valence-electron chi connectivity index (χ4n) is 2.40. The Bertz CT molecular complexity index is 603. The smallest absolute Gasteiger partial charge is 0.289 e. The number of nitrogens with zero attached hydrogens (tertiary/aromatic N) is 2. The number of piperidine rings is 1. The van der Waals surface area contributed by atoms with Crippen LogP contribution in [0.25, 0.3) is 0 Å². The van der Waals surface area contributed by atoms with Crippen molar-refractivity contribution in [2.45, 2.75) is 24.0 Å². The van der Waals surface area contributed by atoms with Crippen molar-refractivity contribution < 1.29 is 17.6 Å². The second-order valence-corrected chi connectivity index (χ2v) is 7.09. The Hall–Kier alpha value is -1.38. The number of sulfonamides is 1. The van der Waals surface area contributed by atoms with Crippen molar-refractivity contribution in [1.29, 1.82) is 0 Å². The lowest BCUT2D eigenvalue weighted by Gasteiger charge is -2.34. The second-order valence-electron chi connectivity index (χ2n) is 5.28. The van der Waals surface area contributed by atoms with Crippen molar-refractivity contribution in [3.05, 3.63) is 17.9 Å². The van der Waals surface area contributed by atoms with Crippen LogP contribution in [0.15, 0.2) is 21.6 Å². The van der Waals surface area contributed by atoms with E-state index in [1.165, 1.54) is 19.2 Å². The van der Waals surface area contributed by atoms with Gasteiger partial charge >= 0.3 is 0 Å². The zero-order valence-electron chi connectivity index (χ0n) is 12.5. The van der Waals surface area contributed by atoms with Crippen LogP contribution in [0.4, 0.5) is 0 Å². The molecule has 1 aliphatic rings. The number of nitrogens with one attached hydrogen (secondary N) is 1. The fourth-order valence-corrected chi connectivity index (χ4v) is 3.05. The van der Waals surface area contributed by atoms with Gasteiger partial charge in [0.1, 0.15) is 0 Å². The van der Waals surface area contributed by atoms with E-state index < -0.39 is 10.0 Å². The highest BCUT2D eigenvalue weighted by molar-refractivity contribution is 7.89. The molecule has 1 aromatic rings. The standard InChI is InChI=1S/C13H21N3O4S/c1-14-21(18,19)12-5-4-11(20-12)13(17)16(3)10-6-8-15(2)9-7-10/h4-5,10,14H,6-9H2,1-3H3. The average molecular weight is 315 g/mol. The molecule has 1 aromatic heterocycles. The van der Waals surface area contributed by atoms with E-state index in [1.54, 1.807) is 11.9 Å². The summed E-state index contributed by atoms with van der Waals surface area (Å²) in [7, 11) is 1.42. The lowest BCUT2D eigenvalue weighted by Crippen LogP contribution is -2.44. The summed E-state index contributed by atoms with van der Waals surface area (Å²) in [5.74, 6) is -0.243. The van der Waals surface area contributed by atoms with Crippen LogP contribution in [-0.4, -0.2) is 64.4 Å². The molecule has 1 aliphatic heterocycles. The Balaban J connectivity index is 2.10. The van der Waals surface area contributed by atoms with Gasteiger partial charge in [-0.05, 0) is 52.2 Å². The quantitative estimate of drug-likeness (QED) is 0.867. The molecule has 0 radical (unpaired) electrons. The maximum absolute atomic E-state index is 12.4. The molecule has 2 rings (SSSR count). The van der Waals surface area contributed by atoms with Gasteiger partial charge in [0.25, 0.3) is 15.9 Å². The highest BCUT2D eigenvalue weighted by Gasteiger charge is 2.27. The summed E-state index contributed by atoms with van der Waals surface area (Å²) in [6.07, 6.45) is 1.81. The van der Waals surface area contributed by atoms with Gasteiger partial charge < -0.3 is 14.2 Å². The van der Waals surface area contributed by atoms with Gasteiger partial charge in [0, 0.05) is 13.1 Å². The molecular weight excluding hydrogens is 294 g/mol. The molecule has 2 heterocycles. The minimum Gasteiger partial charge on any atom is -0.438 e. The van der Waals surface area contributed by atoms with E-state index in [9.17, 15) is 13.2 Å². The normalized spacial score (nSPS) is 17.9. The fraction of sp³-hybridized carbons (Fsp3) is 0.615. The molecule has 1 N–H and O–H groups in total. The van der Waals surface area contributed by atoms with Crippen LogP contribution in [0.1, 0.15) is 23.4 Å². The molecule has 0 bridgehead atoms. The number of furan rings is 1. The van der Waals surface area contributed by atoms with E-state index in [4.69, 9.17) is 4.42 Å². The Kier molecular flexibility index (Phi) is 4.70. The van der Waals surface area contributed by atoms with Gasteiger partial charge in [0.15, 0.2) is 5.76 Å². The molecule has 1 amide bonds. The van der Waals surface area contributed by atoms with E-state index in [2.05, 4.69) is 16.7 Å². The number of carbonyl (C=O) groups is 1. The molecule has 0 aliphatic carbocycles. The maximum Gasteiger partial charge on any atom is 0.289 e. The number of likely N-dealkylation sites (tertiary alicyclic amines) is 1. The van der Waals surface area contributed by atoms with Crippen molar-refractivity contribution >= 4 is 15.9 Å². The summed E-state index contributed by atoms with van der Waals surface area (Å²) >= 11 is 0. The first-order valence-corrected chi connectivity index (χ1v) is 8.32. The third kappa shape index (κ3) is 3.45. The molecule has 8 heteroatoms. The summed E-state index contributed by atoms with van der Waals surface area (Å²) in [5.41, 5.74) is 0. The van der Waals surface area contributed by atoms with Crippen molar-refractivity contribution in [3.63, 3.8) is 0 Å². The second kappa shape index (κ2) is 6.17. The van der Waals surface area contributed by atoms with E-state index in [1.807, 2.05) is 0 Å². The molecule has 0 atom stereocenters. The highest BCUT2D eigenvalue weighted by Crippen LogP contribution is 2.19. The largest absolute Gasteiger partial charge is 0.438 e. The van der Waals surface area contributed by atoms with E-state index in [0.717, 1.165) is 25.9 Å². The topological polar surface area (TPSA) is 82.9 Å². The maximum atomic E-state index is 12.4. The zero-order valence-corrected chi connectivity index (χ0v) is 13.3. The van der Waals surface area contributed by atoms with Crippen molar-refractivity contribution in [2.75, 3.05) is 34.2 Å². The molecule has 0 spiro atoms. The number of hydrogen-bond donors (Lipinski definition) is 1. The first kappa shape index (κ1) is 16.0. The molecule has 7 nitrogen and oxygen atoms in total. The van der Waals surface area contributed by atoms with Crippen molar-refractivity contribution in [2.24, 2.45) is 0 Å². The van der Waals surface area contributed by atoms with Gasteiger partial charge in [-0.3, -0.25) is 4.79 Å². The number of hydrogen-bond acceptors (Lipinski definition) is 5. The van der Waals surface area contributed by atoms with Crippen LogP contribution in [0, 0.1) is 0 Å². The van der Waals surface area contributed by atoms with Crippen molar-refractivity contribution in [1.82, 2.24) is 14.5 Å². The Morgan fingerprint density at radius 3 is 2.57 bits per heavy atom. The Labute approximate surface area is 124 Å². The number of rotatable bonds is 4. The summed E-state index contributed by atoms with van der Waals surface area (Å²) in [4.78, 5) is 16.2. The van der Waals surface area contributed by atoms with Crippen molar-refractivity contribution in [3.8, 4) is 0 Å². The van der Waals surface area contributed by atoms with E-state index >= 15 is 0 Å². The lowest BCUT2D eigenvalue weighted by molar-refractivity contribution is 0.0623. The van der Waals surface area contributed by atoms with Gasteiger partial charge in [-0.15, -0.1) is 0 Å². The van der Waals surface area contributed by atoms with Crippen LogP contribution in [0.5, 0.6) is 0 Å². The zero-order chi connectivity index (χ0) is 15.6. The summed E-state index contributed by atoms with van der Waals surface area (Å²) in [6, 6.07) is 2.85. The molecule has 0 aromatic carbocycles. The van der Waals surface area contributed by atoms with Gasteiger partial charge in [-0.2, -0.15) is 0 Å². The van der Waals surface area contributed by atoms with Crippen LogP contribution in [0.2, 0.25) is 0 Å². The summed E-state index contributed by atoms with van der Waals surface area (Å²) in [6.45, 7) is 1.89. The first-order chi connectivity index (χ1) is 9.85. The van der Waals surface area contributed by atoms with Crippen LogP contribution in [0.3, 0.4) is 0 Å². The van der Waals surface area contributed by atoms with Crippen LogP contribution in [-0.2, 0) is 10.0 Å². The average Bonchev–Trinajstić information content (AvgIpc) is 2.97. The van der Waals surface area contributed by atoms with Crippen LogP contribution >= 0.6 is 0 Å². The van der Waals surface area contributed by atoms with E-state index in [0.29, 0.717) is 0 Å². The minimum atomic E-state index is -3.66. The third-order valence-corrected chi connectivity index (χ3v) is 5.17. The van der Waals surface area contributed by atoms with Gasteiger partial charge in [0.2, 0.25) is 5.09 Å². The number of carbonyl (C=O) groups excluding carboxylic acids is 1. The highest BCUT2D eigenvalue weighted by atomic mass is 32.2. The monoisotopic (exact) mass is 315 g/mol. The SMILES string of the molecule is CNS(=O)(=O)c1ccc(C(=O)N(C)C2CCN(C)CC2)o1. The third-order valence-electron chi connectivity index (χ3n) is 3.88. The summed E-state index contributed by atoms with van der Waals surface area (Å²) < 4.78 is 30.6. The summed E-state index contributed by atoms with van der Waals surface area (Å²) in [5, 5.41) is -0.245. The lowest BCUT2D eigenvalue weighted by atomic mass is 10.0. The first-order valence-electron chi connectivity index (χ1n) is 6.84. The van der Waals surface area contributed by atoms with Gasteiger partial charge in [0.05, 0.1) is 0 Å². The van der Waals surface area contributed by atoms with Crippen LogP contribution < -0.4 is 4.72 Å². The molecule has 0 unspecified atom stereocenters. The predicted octanol–water partition coefficient (Wildman–Crippen LogP) is 0.354. The molecule has 0 saturated carbocycles. The van der Waals surface area contributed by atoms with Gasteiger partial charge in [-0.1, -0.05) is 0 Å². The number of amides is 1.